The van der Waals surface area contributed by atoms with E-state index in [0.29, 0.717) is 17.9 Å². The second-order valence-corrected chi connectivity index (χ2v) is 2.72. The molecule has 0 aromatic rings. The highest BCUT2D eigenvalue weighted by Gasteiger charge is 2.37. The number of fused-ring (bicyclic) bond motifs is 2. The molecule has 1 aliphatic carbocycles. The molecule has 1 saturated heterocycles. The molecule has 2 bridgehead atoms. The zero-order chi connectivity index (χ0) is 5.56. The van der Waals surface area contributed by atoms with E-state index in [0.717, 1.165) is 12.8 Å². The first-order valence-corrected chi connectivity index (χ1v) is 3.16. The van der Waals surface area contributed by atoms with Crippen molar-refractivity contribution in [2.75, 3.05) is 0 Å². The standard InChI is InChI=1S/C6H9NO/c8-6-4-1-2-5(3-4)7-6/h4-5H,1-3H2,(H,7,8)/t4?,5-/m1/s1. The molecule has 1 heterocycles. The van der Waals surface area contributed by atoms with E-state index in [1.807, 2.05) is 0 Å². The van der Waals surface area contributed by atoms with Gasteiger partial charge in [0.05, 0.1) is 0 Å². The minimum atomic E-state index is 0.293. The number of carbonyl (C=O) groups is 1. The first kappa shape index (κ1) is 4.36. The van der Waals surface area contributed by atoms with Gasteiger partial charge in [0.15, 0.2) is 0 Å². The fraction of sp³-hybridized carbons (Fsp3) is 0.833. The molecular formula is C6H9NO. The first-order chi connectivity index (χ1) is 3.86. The Balaban J connectivity index is 2.22. The predicted molar refractivity (Wildman–Crippen MR) is 29.3 cm³/mol. The normalized spacial score (nSPS) is 42.8. The molecule has 1 unspecified atom stereocenters. The molecule has 1 aliphatic heterocycles. The Bertz CT molecular complexity index is 132. The fourth-order valence-corrected chi connectivity index (χ4v) is 1.67. The van der Waals surface area contributed by atoms with Crippen molar-refractivity contribution in [3.05, 3.63) is 0 Å². The van der Waals surface area contributed by atoms with Gasteiger partial charge in [-0.15, -0.1) is 0 Å². The second kappa shape index (κ2) is 1.24. The number of hydrogen-bond donors (Lipinski definition) is 1. The summed E-state index contributed by atoms with van der Waals surface area (Å²) in [5.41, 5.74) is 0. The van der Waals surface area contributed by atoms with Crippen molar-refractivity contribution in [3.63, 3.8) is 0 Å². The van der Waals surface area contributed by atoms with Crippen LogP contribution in [0.5, 0.6) is 0 Å². The fourth-order valence-electron chi connectivity index (χ4n) is 1.67. The molecule has 0 radical (unpaired) electrons. The molecule has 2 atom stereocenters. The van der Waals surface area contributed by atoms with Gasteiger partial charge in [-0.3, -0.25) is 4.79 Å². The van der Waals surface area contributed by atoms with E-state index in [4.69, 9.17) is 0 Å². The number of amides is 1. The lowest BCUT2D eigenvalue weighted by Gasteiger charge is -2.08. The Labute approximate surface area is 48.3 Å². The maximum absolute atomic E-state index is 10.7. The quantitative estimate of drug-likeness (QED) is 0.478. The third kappa shape index (κ3) is 0.403. The number of piperidine rings is 1. The van der Waals surface area contributed by atoms with Crippen LogP contribution in [0.2, 0.25) is 0 Å². The molecule has 1 saturated carbocycles. The van der Waals surface area contributed by atoms with Gasteiger partial charge in [0.1, 0.15) is 0 Å². The molecule has 2 rings (SSSR count). The Kier molecular flexibility index (Phi) is 0.678. The van der Waals surface area contributed by atoms with Crippen LogP contribution in [0.15, 0.2) is 0 Å². The molecule has 2 fully saturated rings. The van der Waals surface area contributed by atoms with E-state index in [1.54, 1.807) is 0 Å². The Morgan fingerprint density at radius 1 is 1.50 bits per heavy atom. The average Bonchev–Trinajstić information content (AvgIpc) is 2.23. The molecule has 2 heteroatoms. The van der Waals surface area contributed by atoms with Crippen LogP contribution in [0.1, 0.15) is 19.3 Å². The van der Waals surface area contributed by atoms with Crippen LogP contribution in [0.25, 0.3) is 0 Å². The van der Waals surface area contributed by atoms with E-state index in [1.165, 1.54) is 6.42 Å². The molecule has 2 aliphatic rings. The highest BCUT2D eigenvalue weighted by molar-refractivity contribution is 5.82. The monoisotopic (exact) mass is 111 g/mol. The molecule has 2 nitrogen and oxygen atoms in total. The van der Waals surface area contributed by atoms with Gasteiger partial charge in [0, 0.05) is 12.0 Å². The zero-order valence-corrected chi connectivity index (χ0v) is 4.68. The number of nitrogens with one attached hydrogen (secondary N) is 1. The summed E-state index contributed by atoms with van der Waals surface area (Å²) in [4.78, 5) is 10.7. The lowest BCUT2D eigenvalue weighted by Crippen LogP contribution is -2.30. The van der Waals surface area contributed by atoms with E-state index >= 15 is 0 Å². The van der Waals surface area contributed by atoms with Crippen molar-refractivity contribution >= 4 is 5.91 Å². The topological polar surface area (TPSA) is 29.1 Å². The lowest BCUT2D eigenvalue weighted by molar-refractivity contribution is -0.123. The maximum Gasteiger partial charge on any atom is 0.223 e. The van der Waals surface area contributed by atoms with Crippen LogP contribution >= 0.6 is 0 Å². The Morgan fingerprint density at radius 3 is 2.62 bits per heavy atom. The summed E-state index contributed by atoms with van der Waals surface area (Å²) in [6, 6.07) is 0.549. The molecule has 1 N–H and O–H groups in total. The predicted octanol–water partition coefficient (Wildman–Crippen LogP) is 0.285. The van der Waals surface area contributed by atoms with Crippen molar-refractivity contribution in [3.8, 4) is 0 Å². The Morgan fingerprint density at radius 2 is 2.38 bits per heavy atom. The number of rotatable bonds is 0. The SMILES string of the molecule is O=C1N[C@@H]2CCC1C2. The molecular weight excluding hydrogens is 102 g/mol. The average molecular weight is 111 g/mol. The molecule has 0 aromatic heterocycles. The van der Waals surface area contributed by atoms with E-state index in [2.05, 4.69) is 5.32 Å². The van der Waals surface area contributed by atoms with Gasteiger partial charge in [-0.2, -0.15) is 0 Å². The van der Waals surface area contributed by atoms with Crippen LogP contribution in [-0.4, -0.2) is 11.9 Å². The molecule has 0 aromatic carbocycles. The summed E-state index contributed by atoms with van der Waals surface area (Å²) in [5, 5.41) is 2.91. The molecule has 1 amide bonds. The van der Waals surface area contributed by atoms with Gasteiger partial charge in [-0.05, 0) is 19.3 Å². The summed E-state index contributed by atoms with van der Waals surface area (Å²) < 4.78 is 0. The summed E-state index contributed by atoms with van der Waals surface area (Å²) in [7, 11) is 0. The van der Waals surface area contributed by atoms with Gasteiger partial charge in [0.25, 0.3) is 0 Å². The van der Waals surface area contributed by atoms with Crippen LogP contribution in [-0.2, 0) is 4.79 Å². The lowest BCUT2D eigenvalue weighted by atomic mass is 10.1. The number of hydrogen-bond acceptors (Lipinski definition) is 1. The van der Waals surface area contributed by atoms with Crippen LogP contribution in [0, 0.1) is 5.92 Å². The van der Waals surface area contributed by atoms with Crippen LogP contribution in [0.4, 0.5) is 0 Å². The third-order valence-electron chi connectivity index (χ3n) is 2.15. The summed E-state index contributed by atoms with van der Waals surface area (Å²) >= 11 is 0. The minimum absolute atomic E-state index is 0.293. The van der Waals surface area contributed by atoms with Gasteiger partial charge < -0.3 is 5.32 Å². The van der Waals surface area contributed by atoms with Gasteiger partial charge >= 0.3 is 0 Å². The summed E-state index contributed by atoms with van der Waals surface area (Å²) in [6.07, 6.45) is 3.46. The van der Waals surface area contributed by atoms with Crippen LogP contribution < -0.4 is 5.32 Å². The minimum Gasteiger partial charge on any atom is -0.353 e. The second-order valence-electron chi connectivity index (χ2n) is 2.72. The van der Waals surface area contributed by atoms with Crippen molar-refractivity contribution in [1.82, 2.24) is 5.32 Å². The number of carbonyl (C=O) groups excluding carboxylic acids is 1. The third-order valence-corrected chi connectivity index (χ3v) is 2.15. The van der Waals surface area contributed by atoms with Crippen LogP contribution in [0.3, 0.4) is 0 Å². The summed E-state index contributed by atoms with van der Waals surface area (Å²) in [5.74, 6) is 0.682. The Hall–Kier alpha value is -0.530. The highest BCUT2D eigenvalue weighted by atomic mass is 16.2. The smallest absolute Gasteiger partial charge is 0.223 e. The highest BCUT2D eigenvalue weighted by Crippen LogP contribution is 2.31. The van der Waals surface area contributed by atoms with Crippen molar-refractivity contribution in [1.29, 1.82) is 0 Å². The first-order valence-electron chi connectivity index (χ1n) is 3.16. The summed E-state index contributed by atoms with van der Waals surface area (Å²) in [6.45, 7) is 0. The largest absolute Gasteiger partial charge is 0.353 e. The van der Waals surface area contributed by atoms with E-state index in [9.17, 15) is 4.79 Å². The van der Waals surface area contributed by atoms with Crippen molar-refractivity contribution in [2.24, 2.45) is 5.92 Å². The van der Waals surface area contributed by atoms with Crippen molar-refractivity contribution < 1.29 is 4.79 Å². The van der Waals surface area contributed by atoms with E-state index in [-0.39, 0.29) is 0 Å². The van der Waals surface area contributed by atoms with Crippen molar-refractivity contribution in [2.45, 2.75) is 25.3 Å². The van der Waals surface area contributed by atoms with Gasteiger partial charge in [-0.25, -0.2) is 0 Å². The van der Waals surface area contributed by atoms with Gasteiger partial charge in [-0.1, -0.05) is 0 Å². The zero-order valence-electron chi connectivity index (χ0n) is 4.68. The van der Waals surface area contributed by atoms with Gasteiger partial charge in [0.2, 0.25) is 5.91 Å². The molecule has 8 heavy (non-hydrogen) atoms. The van der Waals surface area contributed by atoms with E-state index < -0.39 is 0 Å². The molecule has 44 valence electrons. The maximum atomic E-state index is 10.7. The molecule has 0 spiro atoms.